The van der Waals surface area contributed by atoms with Crippen LogP contribution in [0.15, 0.2) is 46.9 Å². The van der Waals surface area contributed by atoms with Crippen molar-refractivity contribution in [1.82, 2.24) is 5.32 Å². The van der Waals surface area contributed by atoms with E-state index >= 15 is 0 Å². The normalized spacial score (nSPS) is 25.7. The quantitative estimate of drug-likeness (QED) is 0.754. The van der Waals surface area contributed by atoms with Crippen molar-refractivity contribution in [3.05, 3.63) is 69.7 Å². The van der Waals surface area contributed by atoms with Crippen LogP contribution in [-0.2, 0) is 16.3 Å². The summed E-state index contributed by atoms with van der Waals surface area (Å²) in [5.41, 5.74) is 0.769. The smallest absolute Gasteiger partial charge is 0.163 e. The molecule has 3 atom stereocenters. The molecule has 0 amide bonds. The molecule has 7 heteroatoms. The highest BCUT2D eigenvalue weighted by Crippen LogP contribution is 2.33. The molecule has 1 fully saturated rings. The molecule has 0 aliphatic carbocycles. The Bertz CT molecular complexity index is 874. The zero-order valence-electron chi connectivity index (χ0n) is 13.5. The topological polar surface area (TPSA) is 46.2 Å². The molecule has 1 aliphatic rings. The second-order valence-corrected chi connectivity index (χ2v) is 9.49. The Hall–Kier alpha value is -1.31. The Morgan fingerprint density at radius 2 is 1.84 bits per heavy atom. The minimum atomic E-state index is -3.57. The van der Waals surface area contributed by atoms with Crippen molar-refractivity contribution in [2.45, 2.75) is 29.9 Å². The van der Waals surface area contributed by atoms with Crippen LogP contribution in [0.5, 0.6) is 0 Å². The standard InChI is InChI=1S/C18H18BrF2NO2S/c1-11-17(8-13-7-16(21)14(19)9-15(13)20)25(23,24)18(10-22-11)12-5-3-2-4-6-12/h2-7,9,11,17-18,22H,8,10H2,1H3/t11-,17?,18?/m0/s1. The van der Waals surface area contributed by atoms with Gasteiger partial charge in [0.05, 0.1) is 15.0 Å². The van der Waals surface area contributed by atoms with E-state index in [1.807, 2.05) is 6.07 Å². The molecule has 2 aromatic carbocycles. The van der Waals surface area contributed by atoms with Gasteiger partial charge in [-0.25, -0.2) is 17.2 Å². The first-order valence-electron chi connectivity index (χ1n) is 7.95. The van der Waals surface area contributed by atoms with Crippen molar-refractivity contribution in [2.24, 2.45) is 0 Å². The average molecular weight is 430 g/mol. The molecule has 1 N–H and O–H groups in total. The van der Waals surface area contributed by atoms with Gasteiger partial charge in [-0.05, 0) is 52.5 Å². The van der Waals surface area contributed by atoms with Gasteiger partial charge in [0.25, 0.3) is 0 Å². The van der Waals surface area contributed by atoms with Crippen molar-refractivity contribution in [2.75, 3.05) is 6.54 Å². The van der Waals surface area contributed by atoms with Crippen LogP contribution in [0, 0.1) is 11.6 Å². The molecule has 3 nitrogen and oxygen atoms in total. The maximum Gasteiger partial charge on any atom is 0.163 e. The van der Waals surface area contributed by atoms with Gasteiger partial charge in [-0.15, -0.1) is 0 Å². The number of rotatable bonds is 3. The molecular formula is C18H18BrF2NO2S. The van der Waals surface area contributed by atoms with Gasteiger partial charge in [-0.2, -0.15) is 0 Å². The molecule has 0 bridgehead atoms. The molecule has 2 unspecified atom stereocenters. The van der Waals surface area contributed by atoms with Crippen LogP contribution in [-0.4, -0.2) is 26.3 Å². The molecular weight excluding hydrogens is 412 g/mol. The first-order chi connectivity index (χ1) is 11.8. The lowest BCUT2D eigenvalue weighted by Gasteiger charge is -2.35. The second-order valence-electron chi connectivity index (χ2n) is 6.29. The number of benzene rings is 2. The lowest BCUT2D eigenvalue weighted by molar-refractivity contribution is 0.446. The Balaban J connectivity index is 1.96. The van der Waals surface area contributed by atoms with Gasteiger partial charge < -0.3 is 5.32 Å². The third kappa shape index (κ3) is 3.64. The lowest BCUT2D eigenvalue weighted by Crippen LogP contribution is -2.53. The number of halogens is 3. The van der Waals surface area contributed by atoms with Crippen molar-refractivity contribution in [3.8, 4) is 0 Å². The van der Waals surface area contributed by atoms with Gasteiger partial charge in [-0.3, -0.25) is 0 Å². The number of hydrogen-bond donors (Lipinski definition) is 1. The SMILES string of the molecule is C[C@@H]1NCC(c2ccccc2)S(=O)(=O)C1Cc1cc(F)c(Br)cc1F. The largest absolute Gasteiger partial charge is 0.311 e. The summed E-state index contributed by atoms with van der Waals surface area (Å²) in [7, 11) is -3.57. The van der Waals surface area contributed by atoms with E-state index in [-0.39, 0.29) is 22.5 Å². The highest BCUT2D eigenvalue weighted by molar-refractivity contribution is 9.10. The second kappa shape index (κ2) is 7.13. The highest BCUT2D eigenvalue weighted by atomic mass is 79.9. The fraction of sp³-hybridized carbons (Fsp3) is 0.333. The summed E-state index contributed by atoms with van der Waals surface area (Å²) in [5, 5.41) is 1.67. The summed E-state index contributed by atoms with van der Waals surface area (Å²) in [6.45, 7) is 2.07. The Morgan fingerprint density at radius 1 is 1.16 bits per heavy atom. The van der Waals surface area contributed by atoms with E-state index in [0.717, 1.165) is 12.1 Å². The fourth-order valence-corrected chi connectivity index (χ4v) is 5.92. The van der Waals surface area contributed by atoms with Crippen LogP contribution < -0.4 is 5.32 Å². The van der Waals surface area contributed by atoms with E-state index in [1.54, 1.807) is 31.2 Å². The van der Waals surface area contributed by atoms with Crippen LogP contribution in [0.25, 0.3) is 0 Å². The summed E-state index contributed by atoms with van der Waals surface area (Å²) in [6, 6.07) is 10.7. The van der Waals surface area contributed by atoms with E-state index in [4.69, 9.17) is 0 Å². The van der Waals surface area contributed by atoms with Crippen LogP contribution in [0.2, 0.25) is 0 Å². The summed E-state index contributed by atoms with van der Waals surface area (Å²) >= 11 is 2.93. The van der Waals surface area contributed by atoms with Crippen LogP contribution in [0.3, 0.4) is 0 Å². The maximum absolute atomic E-state index is 14.2. The summed E-state index contributed by atoms with van der Waals surface area (Å²) < 4.78 is 54.2. The van der Waals surface area contributed by atoms with Gasteiger partial charge >= 0.3 is 0 Å². The maximum atomic E-state index is 14.2. The predicted molar refractivity (Wildman–Crippen MR) is 97.1 cm³/mol. The molecule has 0 radical (unpaired) electrons. The van der Waals surface area contributed by atoms with E-state index in [2.05, 4.69) is 21.2 Å². The molecule has 134 valence electrons. The predicted octanol–water partition coefficient (Wildman–Crippen LogP) is 3.79. The van der Waals surface area contributed by atoms with Gasteiger partial charge in [0.2, 0.25) is 0 Å². The summed E-state index contributed by atoms with van der Waals surface area (Å²) in [5.74, 6) is -1.22. The van der Waals surface area contributed by atoms with Crippen LogP contribution >= 0.6 is 15.9 Å². The van der Waals surface area contributed by atoms with Crippen LogP contribution in [0.1, 0.15) is 23.3 Å². The number of nitrogens with one attached hydrogen (secondary N) is 1. The van der Waals surface area contributed by atoms with Crippen molar-refractivity contribution in [1.29, 1.82) is 0 Å². The monoisotopic (exact) mass is 429 g/mol. The molecule has 1 heterocycles. The minimum Gasteiger partial charge on any atom is -0.311 e. The fourth-order valence-electron chi connectivity index (χ4n) is 3.24. The Morgan fingerprint density at radius 3 is 2.52 bits per heavy atom. The molecule has 0 spiro atoms. The number of hydrogen-bond acceptors (Lipinski definition) is 3. The molecule has 25 heavy (non-hydrogen) atoms. The van der Waals surface area contributed by atoms with E-state index in [9.17, 15) is 17.2 Å². The third-order valence-corrected chi connectivity index (χ3v) is 7.94. The van der Waals surface area contributed by atoms with Gasteiger partial charge in [-0.1, -0.05) is 30.3 Å². The van der Waals surface area contributed by atoms with Crippen molar-refractivity contribution < 1.29 is 17.2 Å². The van der Waals surface area contributed by atoms with Gasteiger partial charge in [0, 0.05) is 12.6 Å². The molecule has 3 rings (SSSR count). The molecule has 1 aliphatic heterocycles. The minimum absolute atomic E-state index is 0.0218. The first kappa shape index (κ1) is 18.5. The van der Waals surface area contributed by atoms with E-state index in [1.165, 1.54) is 0 Å². The Kier molecular flexibility index (Phi) is 5.27. The number of sulfone groups is 1. The molecule has 1 saturated heterocycles. The summed E-state index contributed by atoms with van der Waals surface area (Å²) in [4.78, 5) is 0. The highest BCUT2D eigenvalue weighted by Gasteiger charge is 2.42. The first-order valence-corrected chi connectivity index (χ1v) is 10.4. The average Bonchev–Trinajstić information content (AvgIpc) is 2.56. The molecule has 0 saturated carbocycles. The summed E-state index contributed by atoms with van der Waals surface area (Å²) in [6.07, 6.45) is -0.0735. The lowest BCUT2D eigenvalue weighted by atomic mass is 10.0. The zero-order chi connectivity index (χ0) is 18.2. The van der Waals surface area contributed by atoms with Crippen LogP contribution in [0.4, 0.5) is 8.78 Å². The molecule has 2 aromatic rings. The van der Waals surface area contributed by atoms with E-state index in [0.29, 0.717) is 12.1 Å². The zero-order valence-corrected chi connectivity index (χ0v) is 15.9. The van der Waals surface area contributed by atoms with Crippen molar-refractivity contribution >= 4 is 25.8 Å². The van der Waals surface area contributed by atoms with Crippen molar-refractivity contribution in [3.63, 3.8) is 0 Å². The Labute approximate surface area is 154 Å². The van der Waals surface area contributed by atoms with Gasteiger partial charge in [0.1, 0.15) is 11.6 Å². The molecule has 0 aromatic heterocycles. The third-order valence-electron chi connectivity index (χ3n) is 4.68. The van der Waals surface area contributed by atoms with Gasteiger partial charge in [0.15, 0.2) is 9.84 Å². The van der Waals surface area contributed by atoms with E-state index < -0.39 is 32.0 Å².